The predicted octanol–water partition coefficient (Wildman–Crippen LogP) is 4.47. The maximum atomic E-state index is 9.23. The summed E-state index contributed by atoms with van der Waals surface area (Å²) in [7, 11) is 0. The van der Waals surface area contributed by atoms with Crippen LogP contribution in [-0.2, 0) is 5.41 Å². The molecule has 0 spiro atoms. The third-order valence-corrected chi connectivity index (χ3v) is 4.20. The van der Waals surface area contributed by atoms with E-state index >= 15 is 0 Å². The molecule has 0 aliphatic rings. The largest absolute Gasteiger partial charge is 0.389 e. The van der Waals surface area contributed by atoms with Crippen LogP contribution < -0.4 is 5.73 Å². The number of nitrogens with zero attached hydrogens (tertiary/aromatic N) is 1. The van der Waals surface area contributed by atoms with Gasteiger partial charge >= 0.3 is 0 Å². The number of thiophene rings is 1. The highest BCUT2D eigenvalue weighted by Crippen LogP contribution is 2.38. The molecule has 98 valence electrons. The minimum atomic E-state index is 0.138. The minimum Gasteiger partial charge on any atom is -0.389 e. The summed E-state index contributed by atoms with van der Waals surface area (Å²) < 4.78 is 0. The standard InChI is InChI=1S/C16H18N2S/c1-10-14(13(9-17)15(18)19-10)11-5-7-12(8-6-11)16(2,3)4/h5-8H,18H2,1-4H3. The van der Waals surface area contributed by atoms with Crippen LogP contribution in [0.2, 0.25) is 0 Å². The average Bonchev–Trinajstić information content (AvgIpc) is 2.62. The van der Waals surface area contributed by atoms with E-state index in [1.807, 2.05) is 6.92 Å². The molecular weight excluding hydrogens is 252 g/mol. The molecule has 2 N–H and O–H groups in total. The van der Waals surface area contributed by atoms with Crippen LogP contribution in [0.5, 0.6) is 0 Å². The van der Waals surface area contributed by atoms with E-state index in [-0.39, 0.29) is 5.41 Å². The highest BCUT2D eigenvalue weighted by atomic mass is 32.1. The van der Waals surface area contributed by atoms with Crippen LogP contribution in [0, 0.1) is 18.3 Å². The molecule has 0 atom stereocenters. The number of benzene rings is 1. The van der Waals surface area contributed by atoms with E-state index in [2.05, 4.69) is 51.1 Å². The molecule has 0 aliphatic carbocycles. The van der Waals surface area contributed by atoms with Crippen molar-refractivity contribution in [1.82, 2.24) is 0 Å². The van der Waals surface area contributed by atoms with Crippen LogP contribution in [0.4, 0.5) is 5.00 Å². The summed E-state index contributed by atoms with van der Waals surface area (Å²) in [6, 6.07) is 10.6. The van der Waals surface area contributed by atoms with Gasteiger partial charge in [-0.2, -0.15) is 5.26 Å². The molecule has 0 amide bonds. The minimum absolute atomic E-state index is 0.138. The van der Waals surface area contributed by atoms with Crippen LogP contribution in [0.15, 0.2) is 24.3 Å². The van der Waals surface area contributed by atoms with Crippen LogP contribution in [0.1, 0.15) is 36.8 Å². The lowest BCUT2D eigenvalue weighted by atomic mass is 9.86. The molecule has 0 radical (unpaired) electrons. The Morgan fingerprint density at radius 1 is 1.16 bits per heavy atom. The molecule has 1 aromatic carbocycles. The first-order chi connectivity index (χ1) is 8.84. The van der Waals surface area contributed by atoms with Gasteiger partial charge in [-0.3, -0.25) is 0 Å². The number of hydrogen-bond acceptors (Lipinski definition) is 3. The van der Waals surface area contributed by atoms with Crippen molar-refractivity contribution in [3.63, 3.8) is 0 Å². The van der Waals surface area contributed by atoms with Crippen LogP contribution in [0.25, 0.3) is 11.1 Å². The van der Waals surface area contributed by atoms with Crippen molar-refractivity contribution >= 4 is 16.3 Å². The molecular formula is C16H18N2S. The van der Waals surface area contributed by atoms with Gasteiger partial charge < -0.3 is 5.73 Å². The van der Waals surface area contributed by atoms with Gasteiger partial charge in [0, 0.05) is 10.4 Å². The zero-order valence-corrected chi connectivity index (χ0v) is 12.6. The van der Waals surface area contributed by atoms with Gasteiger partial charge in [0.25, 0.3) is 0 Å². The van der Waals surface area contributed by atoms with Crippen molar-refractivity contribution in [2.75, 3.05) is 5.73 Å². The third kappa shape index (κ3) is 2.50. The Kier molecular flexibility index (Phi) is 3.38. The Morgan fingerprint density at radius 3 is 2.21 bits per heavy atom. The lowest BCUT2D eigenvalue weighted by Gasteiger charge is -2.19. The van der Waals surface area contributed by atoms with Crippen molar-refractivity contribution in [2.24, 2.45) is 0 Å². The van der Waals surface area contributed by atoms with Crippen molar-refractivity contribution in [3.8, 4) is 17.2 Å². The van der Waals surface area contributed by atoms with Gasteiger partial charge in [0.15, 0.2) is 0 Å². The fourth-order valence-electron chi connectivity index (χ4n) is 2.16. The topological polar surface area (TPSA) is 49.8 Å². The van der Waals surface area contributed by atoms with E-state index in [9.17, 15) is 5.26 Å². The second-order valence-corrected chi connectivity index (χ2v) is 6.97. The zero-order chi connectivity index (χ0) is 14.2. The van der Waals surface area contributed by atoms with E-state index in [0.29, 0.717) is 10.6 Å². The van der Waals surface area contributed by atoms with E-state index in [1.165, 1.54) is 16.9 Å². The van der Waals surface area contributed by atoms with E-state index in [1.54, 1.807) is 0 Å². The summed E-state index contributed by atoms with van der Waals surface area (Å²) in [5, 5.41) is 9.84. The highest BCUT2D eigenvalue weighted by Gasteiger charge is 2.17. The van der Waals surface area contributed by atoms with Crippen molar-refractivity contribution in [2.45, 2.75) is 33.1 Å². The van der Waals surface area contributed by atoms with Gasteiger partial charge in [0.1, 0.15) is 11.1 Å². The second-order valence-electron chi connectivity index (χ2n) is 5.71. The Bertz CT molecular complexity index is 637. The van der Waals surface area contributed by atoms with E-state index in [0.717, 1.165) is 16.0 Å². The first-order valence-electron chi connectivity index (χ1n) is 6.24. The molecule has 0 bridgehead atoms. The monoisotopic (exact) mass is 270 g/mol. The molecule has 1 heterocycles. The summed E-state index contributed by atoms with van der Waals surface area (Å²) in [4.78, 5) is 1.09. The summed E-state index contributed by atoms with van der Waals surface area (Å²) in [5.41, 5.74) is 9.96. The number of aryl methyl sites for hydroxylation is 1. The zero-order valence-electron chi connectivity index (χ0n) is 11.7. The number of rotatable bonds is 1. The molecule has 0 saturated carbocycles. The van der Waals surface area contributed by atoms with Crippen LogP contribution >= 0.6 is 11.3 Å². The first kappa shape index (κ1) is 13.6. The Labute approximate surface area is 118 Å². The smallest absolute Gasteiger partial charge is 0.105 e. The average molecular weight is 270 g/mol. The molecule has 0 saturated heterocycles. The third-order valence-electron chi connectivity index (χ3n) is 3.26. The van der Waals surface area contributed by atoms with Gasteiger partial charge in [-0.25, -0.2) is 0 Å². The summed E-state index contributed by atoms with van der Waals surface area (Å²) in [5.74, 6) is 0. The molecule has 1 aromatic heterocycles. The van der Waals surface area contributed by atoms with Crippen LogP contribution in [-0.4, -0.2) is 0 Å². The predicted molar refractivity (Wildman–Crippen MR) is 82.3 cm³/mol. The van der Waals surface area contributed by atoms with Crippen molar-refractivity contribution in [3.05, 3.63) is 40.3 Å². The summed E-state index contributed by atoms with van der Waals surface area (Å²) >= 11 is 1.48. The molecule has 0 unspecified atom stereocenters. The normalized spacial score (nSPS) is 11.3. The van der Waals surface area contributed by atoms with Gasteiger partial charge in [-0.15, -0.1) is 11.3 Å². The highest BCUT2D eigenvalue weighted by molar-refractivity contribution is 7.16. The maximum Gasteiger partial charge on any atom is 0.105 e. The van der Waals surface area contributed by atoms with E-state index in [4.69, 9.17) is 5.73 Å². The van der Waals surface area contributed by atoms with Crippen molar-refractivity contribution < 1.29 is 0 Å². The van der Waals surface area contributed by atoms with Crippen molar-refractivity contribution in [1.29, 1.82) is 5.26 Å². The fourth-order valence-corrected chi connectivity index (χ4v) is 3.06. The number of nitrogen functional groups attached to an aromatic ring is 1. The van der Waals surface area contributed by atoms with Gasteiger partial charge in [0.2, 0.25) is 0 Å². The number of nitriles is 1. The first-order valence-corrected chi connectivity index (χ1v) is 7.06. The van der Waals surface area contributed by atoms with Gasteiger partial charge in [-0.05, 0) is 23.5 Å². The lowest BCUT2D eigenvalue weighted by Crippen LogP contribution is -2.10. The summed E-state index contributed by atoms with van der Waals surface area (Å²) in [6.07, 6.45) is 0. The molecule has 2 rings (SSSR count). The molecule has 2 nitrogen and oxygen atoms in total. The second kappa shape index (κ2) is 4.71. The molecule has 0 aliphatic heterocycles. The van der Waals surface area contributed by atoms with E-state index < -0.39 is 0 Å². The number of anilines is 1. The van der Waals surface area contributed by atoms with Gasteiger partial charge in [-0.1, -0.05) is 45.0 Å². The number of nitrogens with two attached hydrogens (primary N) is 1. The SMILES string of the molecule is Cc1sc(N)c(C#N)c1-c1ccc(C(C)(C)C)cc1. The van der Waals surface area contributed by atoms with Gasteiger partial charge in [0.05, 0.1) is 5.56 Å². The molecule has 19 heavy (non-hydrogen) atoms. The Morgan fingerprint density at radius 2 is 1.74 bits per heavy atom. The Balaban J connectivity index is 2.53. The lowest BCUT2D eigenvalue weighted by molar-refractivity contribution is 0.590. The summed E-state index contributed by atoms with van der Waals surface area (Å²) in [6.45, 7) is 8.58. The Hall–Kier alpha value is -1.79. The quantitative estimate of drug-likeness (QED) is 0.830. The molecule has 3 heteroatoms. The van der Waals surface area contributed by atoms with Crippen LogP contribution in [0.3, 0.4) is 0 Å². The fraction of sp³-hybridized carbons (Fsp3) is 0.312. The maximum absolute atomic E-state index is 9.23. The molecule has 0 fully saturated rings. The molecule has 2 aromatic rings. The number of hydrogen-bond donors (Lipinski definition) is 1.